The number of ether oxygens (including phenoxy) is 3. The molecule has 6 nitrogen and oxygen atoms in total. The zero-order valence-corrected chi connectivity index (χ0v) is 15.2. The molecule has 140 valence electrons. The van der Waals surface area contributed by atoms with Gasteiger partial charge in [0, 0.05) is 12.3 Å². The monoisotopic (exact) mass is 365 g/mol. The molecule has 2 aromatic carbocycles. The number of anilines is 1. The highest BCUT2D eigenvalue weighted by atomic mass is 16.7. The molecule has 2 aromatic rings. The van der Waals surface area contributed by atoms with Gasteiger partial charge in [-0.25, -0.2) is 0 Å². The summed E-state index contributed by atoms with van der Waals surface area (Å²) in [6.45, 7) is 1.66. The summed E-state index contributed by atoms with van der Waals surface area (Å²) < 4.78 is 17.4. The molecule has 3 rings (SSSR count). The Hall–Kier alpha value is -2.88. The Labute approximate surface area is 159 Å². The molecule has 0 aliphatic carbocycles. The van der Waals surface area contributed by atoms with E-state index >= 15 is 0 Å². The van der Waals surface area contributed by atoms with E-state index in [4.69, 9.17) is 19.5 Å². The number of nitrogens with zero attached hydrogens (tertiary/aromatic N) is 3. The Morgan fingerprint density at radius 3 is 2.52 bits per heavy atom. The molecule has 0 amide bonds. The third-order valence-electron chi connectivity index (χ3n) is 4.15. The first kappa shape index (κ1) is 18.9. The SMILES string of the molecule is N#CN=C(Oc1ccccc1)N(CCOC1CCCCO1)c1ccccc1. The van der Waals surface area contributed by atoms with Crippen molar-refractivity contribution in [2.24, 2.45) is 4.99 Å². The van der Waals surface area contributed by atoms with Gasteiger partial charge in [-0.1, -0.05) is 36.4 Å². The fraction of sp³-hybridized carbons (Fsp3) is 0.333. The lowest BCUT2D eigenvalue weighted by Crippen LogP contribution is -2.38. The first-order valence-electron chi connectivity index (χ1n) is 9.12. The van der Waals surface area contributed by atoms with Gasteiger partial charge in [0.2, 0.25) is 6.19 Å². The normalized spacial score (nSPS) is 17.1. The van der Waals surface area contributed by atoms with Crippen LogP contribution in [0.25, 0.3) is 0 Å². The molecule has 1 unspecified atom stereocenters. The zero-order valence-electron chi connectivity index (χ0n) is 15.2. The molecule has 0 saturated carbocycles. The number of amidine groups is 1. The van der Waals surface area contributed by atoms with Gasteiger partial charge in [-0.2, -0.15) is 5.26 Å². The van der Waals surface area contributed by atoms with Crippen molar-refractivity contribution in [1.29, 1.82) is 5.26 Å². The second-order valence-corrected chi connectivity index (χ2v) is 6.06. The predicted octanol–water partition coefficient (Wildman–Crippen LogP) is 3.95. The molecule has 1 heterocycles. The maximum Gasteiger partial charge on any atom is 0.313 e. The highest BCUT2D eigenvalue weighted by Gasteiger charge is 2.19. The van der Waals surface area contributed by atoms with Crippen LogP contribution in [0, 0.1) is 11.5 Å². The van der Waals surface area contributed by atoms with Crippen molar-refractivity contribution >= 4 is 11.7 Å². The fourth-order valence-electron chi connectivity index (χ4n) is 2.84. The van der Waals surface area contributed by atoms with E-state index in [0.29, 0.717) is 18.9 Å². The van der Waals surface area contributed by atoms with Crippen LogP contribution in [0.3, 0.4) is 0 Å². The minimum atomic E-state index is -0.164. The summed E-state index contributed by atoms with van der Waals surface area (Å²) >= 11 is 0. The van der Waals surface area contributed by atoms with Crippen LogP contribution in [-0.2, 0) is 9.47 Å². The molecule has 0 aromatic heterocycles. The summed E-state index contributed by atoms with van der Waals surface area (Å²) in [5.74, 6) is 0.615. The van der Waals surface area contributed by atoms with Crippen molar-refractivity contribution in [3.63, 3.8) is 0 Å². The van der Waals surface area contributed by atoms with E-state index in [-0.39, 0.29) is 12.3 Å². The number of hydrogen-bond donors (Lipinski definition) is 0. The molecular formula is C21H23N3O3. The van der Waals surface area contributed by atoms with Crippen molar-refractivity contribution in [3.8, 4) is 11.9 Å². The van der Waals surface area contributed by atoms with Gasteiger partial charge < -0.3 is 14.2 Å². The van der Waals surface area contributed by atoms with Gasteiger partial charge in [0.1, 0.15) is 5.75 Å². The first-order valence-corrected chi connectivity index (χ1v) is 9.12. The Balaban J connectivity index is 1.73. The van der Waals surface area contributed by atoms with E-state index in [1.54, 1.807) is 0 Å². The summed E-state index contributed by atoms with van der Waals surface area (Å²) in [7, 11) is 0. The molecule has 1 saturated heterocycles. The van der Waals surface area contributed by atoms with Gasteiger partial charge in [0.05, 0.1) is 13.2 Å². The quantitative estimate of drug-likeness (QED) is 0.440. The number of rotatable bonds is 6. The van der Waals surface area contributed by atoms with E-state index in [2.05, 4.69) is 4.99 Å². The molecular weight excluding hydrogens is 342 g/mol. The highest BCUT2D eigenvalue weighted by Crippen LogP contribution is 2.18. The topological polar surface area (TPSA) is 67.1 Å². The van der Waals surface area contributed by atoms with Crippen molar-refractivity contribution in [1.82, 2.24) is 0 Å². The summed E-state index contributed by atoms with van der Waals surface area (Å²) in [6, 6.07) is 19.2. The standard InChI is InChI=1S/C21H23N3O3/c22-17-23-21(27-19-11-5-2-6-12-19)24(18-9-3-1-4-10-18)14-16-26-20-13-7-8-15-25-20/h1-6,9-12,20H,7-8,13-16H2. The van der Waals surface area contributed by atoms with E-state index in [9.17, 15) is 0 Å². The number of hydrogen-bond acceptors (Lipinski definition) is 5. The number of para-hydroxylation sites is 2. The van der Waals surface area contributed by atoms with Crippen LogP contribution in [0.1, 0.15) is 19.3 Å². The maximum atomic E-state index is 9.14. The average molecular weight is 365 g/mol. The van der Waals surface area contributed by atoms with Crippen molar-refractivity contribution in [2.75, 3.05) is 24.7 Å². The summed E-state index contributed by atoms with van der Waals surface area (Å²) in [6.07, 6.45) is 4.78. The number of benzene rings is 2. The van der Waals surface area contributed by atoms with Crippen molar-refractivity contribution in [3.05, 3.63) is 60.7 Å². The molecule has 6 heteroatoms. The van der Waals surface area contributed by atoms with E-state index in [1.165, 1.54) is 0 Å². The molecule has 1 aliphatic heterocycles. The number of nitriles is 1. The maximum absolute atomic E-state index is 9.14. The van der Waals surface area contributed by atoms with Crippen LogP contribution in [0.4, 0.5) is 5.69 Å². The lowest BCUT2D eigenvalue weighted by atomic mass is 10.2. The fourth-order valence-corrected chi connectivity index (χ4v) is 2.84. The van der Waals surface area contributed by atoms with Crippen LogP contribution < -0.4 is 9.64 Å². The molecule has 0 N–H and O–H groups in total. The lowest BCUT2D eigenvalue weighted by Gasteiger charge is -2.27. The minimum Gasteiger partial charge on any atom is -0.425 e. The smallest absolute Gasteiger partial charge is 0.313 e. The van der Waals surface area contributed by atoms with Crippen molar-refractivity contribution in [2.45, 2.75) is 25.6 Å². The minimum absolute atomic E-state index is 0.164. The Morgan fingerprint density at radius 1 is 1.11 bits per heavy atom. The predicted molar refractivity (Wildman–Crippen MR) is 103 cm³/mol. The summed E-state index contributed by atoms with van der Waals surface area (Å²) in [4.78, 5) is 5.73. The molecule has 0 bridgehead atoms. The van der Waals surface area contributed by atoms with Gasteiger partial charge >= 0.3 is 6.02 Å². The van der Waals surface area contributed by atoms with E-state index in [1.807, 2.05) is 71.8 Å². The third-order valence-corrected chi connectivity index (χ3v) is 4.15. The molecule has 27 heavy (non-hydrogen) atoms. The van der Waals surface area contributed by atoms with Crippen molar-refractivity contribution < 1.29 is 14.2 Å². The first-order chi connectivity index (χ1) is 13.4. The second-order valence-electron chi connectivity index (χ2n) is 6.06. The molecule has 0 spiro atoms. The van der Waals surface area contributed by atoms with Gasteiger partial charge in [-0.3, -0.25) is 4.90 Å². The van der Waals surface area contributed by atoms with Crippen LogP contribution in [0.2, 0.25) is 0 Å². The van der Waals surface area contributed by atoms with Gasteiger partial charge in [0.25, 0.3) is 0 Å². The van der Waals surface area contributed by atoms with E-state index < -0.39 is 0 Å². The molecule has 1 atom stereocenters. The average Bonchev–Trinajstić information content (AvgIpc) is 2.73. The second kappa shape index (κ2) is 10.3. The van der Waals surface area contributed by atoms with Crippen LogP contribution in [0.15, 0.2) is 65.7 Å². The Bertz CT molecular complexity index is 753. The molecule has 1 aliphatic rings. The van der Waals surface area contributed by atoms with Crippen LogP contribution in [-0.4, -0.2) is 32.1 Å². The third kappa shape index (κ3) is 5.81. The highest BCUT2D eigenvalue weighted by molar-refractivity contribution is 5.93. The molecule has 1 fully saturated rings. The van der Waals surface area contributed by atoms with Crippen LogP contribution in [0.5, 0.6) is 5.75 Å². The van der Waals surface area contributed by atoms with E-state index in [0.717, 1.165) is 31.6 Å². The Morgan fingerprint density at radius 2 is 1.85 bits per heavy atom. The van der Waals surface area contributed by atoms with Gasteiger partial charge in [-0.05, 0) is 43.5 Å². The Kier molecular flexibility index (Phi) is 7.22. The largest absolute Gasteiger partial charge is 0.425 e. The summed E-state index contributed by atoms with van der Waals surface area (Å²) in [5, 5.41) is 9.14. The van der Waals surface area contributed by atoms with Gasteiger partial charge in [0.15, 0.2) is 6.29 Å². The van der Waals surface area contributed by atoms with Crippen LogP contribution >= 0.6 is 0 Å². The van der Waals surface area contributed by atoms with Gasteiger partial charge in [-0.15, -0.1) is 4.99 Å². The summed E-state index contributed by atoms with van der Waals surface area (Å²) in [5.41, 5.74) is 0.871. The zero-order chi connectivity index (χ0) is 18.7. The number of aliphatic imine (C=N–C) groups is 1. The lowest BCUT2D eigenvalue weighted by molar-refractivity contribution is -0.160. The molecule has 0 radical (unpaired) electrons.